The van der Waals surface area contributed by atoms with Crippen molar-refractivity contribution in [3.05, 3.63) is 104 Å². The van der Waals surface area contributed by atoms with E-state index in [2.05, 4.69) is 16.0 Å². The molecule has 4 rings (SSSR count). The minimum Gasteiger partial charge on any atom is -0.662 e. The van der Waals surface area contributed by atoms with Crippen LogP contribution in [0.4, 0.5) is 0 Å². The minimum atomic E-state index is 0. The average Bonchev–Trinajstić information content (AvgIpc) is 2.82. The van der Waals surface area contributed by atoms with Crippen molar-refractivity contribution in [2.75, 3.05) is 39.3 Å². The molecule has 0 atom stereocenters. The summed E-state index contributed by atoms with van der Waals surface area (Å²) in [5, 5.41) is 37.1. The molecule has 0 aromatic heterocycles. The molecule has 3 aromatic rings. The molecule has 0 aliphatic carbocycles. The maximum absolute atomic E-state index is 8.63. The van der Waals surface area contributed by atoms with Crippen molar-refractivity contribution in [2.24, 2.45) is 0 Å². The van der Waals surface area contributed by atoms with Crippen LogP contribution in [0.1, 0.15) is 19.3 Å². The number of phenols is 3. The van der Waals surface area contributed by atoms with E-state index in [-0.39, 0.29) is 54.0 Å². The molecule has 9 heteroatoms. The number of benzene rings is 3. The molecule has 1 saturated heterocycles. The zero-order valence-electron chi connectivity index (χ0n) is 21.6. The molecule has 0 bridgehead atoms. The van der Waals surface area contributed by atoms with Gasteiger partial charge in [0.2, 0.25) is 0 Å². The van der Waals surface area contributed by atoms with E-state index < -0.39 is 0 Å². The van der Waals surface area contributed by atoms with Gasteiger partial charge in [0, 0.05) is 0 Å². The summed E-state index contributed by atoms with van der Waals surface area (Å²) >= 11 is 0. The summed E-state index contributed by atoms with van der Waals surface area (Å²) in [6, 6.07) is 26.1. The minimum absolute atomic E-state index is 0. The third-order valence-electron chi connectivity index (χ3n) is 4.32. The smallest absolute Gasteiger partial charge is 0.662 e. The van der Waals surface area contributed by atoms with Crippen molar-refractivity contribution in [3.63, 3.8) is 0 Å². The van der Waals surface area contributed by atoms with E-state index in [9.17, 15) is 0 Å². The Kier molecular flexibility index (Phi) is 36.9. The molecule has 6 nitrogen and oxygen atoms in total. The zero-order chi connectivity index (χ0) is 23.8. The summed E-state index contributed by atoms with van der Waals surface area (Å²) in [4.78, 5) is 0. The Morgan fingerprint density at radius 1 is 0.486 bits per heavy atom. The van der Waals surface area contributed by atoms with Gasteiger partial charge in [0.15, 0.2) is 0 Å². The Morgan fingerprint density at radius 3 is 1.00 bits per heavy atom. The van der Waals surface area contributed by atoms with E-state index in [1.165, 1.54) is 19.3 Å². The van der Waals surface area contributed by atoms with E-state index in [1.807, 2.05) is 18.2 Å². The zero-order valence-corrected chi connectivity index (χ0v) is 24.8. The third kappa shape index (κ3) is 30.4. The topological polar surface area (TPSA) is 98.9 Å². The van der Waals surface area contributed by atoms with Gasteiger partial charge in [0.25, 0.3) is 0 Å². The van der Waals surface area contributed by atoms with E-state index in [1.54, 1.807) is 72.8 Å². The first-order valence-electron chi connectivity index (χ1n) is 11.4. The number of aromatic hydroxyl groups is 3. The monoisotopic (exact) mass is 587 g/mol. The molecule has 1 heterocycles. The van der Waals surface area contributed by atoms with Crippen molar-refractivity contribution in [2.45, 2.75) is 19.3 Å². The van der Waals surface area contributed by atoms with Gasteiger partial charge in [-0.05, 0) is 69.0 Å². The maximum Gasteiger partial charge on any atom is 2.00 e. The van der Waals surface area contributed by atoms with Gasteiger partial charge < -0.3 is 38.7 Å². The molecule has 1 fully saturated rings. The Bertz CT molecular complexity index is 660. The molecule has 0 radical (unpaired) electrons. The van der Waals surface area contributed by atoms with Crippen LogP contribution < -0.4 is 10.6 Å². The summed E-state index contributed by atoms with van der Waals surface area (Å²) in [6.45, 7) is 6.62. The number of nitrogens with zero attached hydrogens (tertiary/aromatic N) is 1. The van der Waals surface area contributed by atoms with Crippen LogP contribution in [0.2, 0.25) is 0 Å². The summed E-state index contributed by atoms with van der Waals surface area (Å²) in [6.07, 6.45) is 3.65. The van der Waals surface area contributed by atoms with Gasteiger partial charge >= 0.3 is 21.7 Å². The Balaban J connectivity index is -0.000000195. The van der Waals surface area contributed by atoms with E-state index in [0.29, 0.717) is 17.2 Å². The molecule has 37 heavy (non-hydrogen) atoms. The van der Waals surface area contributed by atoms with Crippen LogP contribution in [0, 0.1) is 7.43 Å². The number of halogens is 2. The van der Waals surface area contributed by atoms with Gasteiger partial charge in [-0.15, -0.1) is 37.9 Å². The van der Waals surface area contributed by atoms with Crippen LogP contribution in [-0.2, 0) is 21.7 Å². The number of hydrogen-bond acceptors (Lipinski definition) is 5. The molecule has 3 aromatic carbocycles. The molecule has 0 spiro atoms. The summed E-state index contributed by atoms with van der Waals surface area (Å²) in [5.74, 6) is 0.965. The standard InChI is InChI=1S/C9H20N3.3C6H6O.CH3.2ClH.Ti/c1-4-10-6-2-8-12-9-3-7-11-5-1;3*7-6-4-2-1-3-5-6;;;;/h10-11H,1-9H2;3*1-5,7H;1H3;2*1H;/q-1;;;;-1;;;+2. The second-order valence-electron chi connectivity index (χ2n) is 7.24. The molecular weight excluding hydrogens is 545 g/mol. The molecule has 5 N–H and O–H groups in total. The average molecular weight is 588 g/mol. The van der Waals surface area contributed by atoms with Crippen molar-refractivity contribution in [3.8, 4) is 17.2 Å². The van der Waals surface area contributed by atoms with E-state index in [0.717, 1.165) is 39.3 Å². The molecule has 1 aliphatic heterocycles. The van der Waals surface area contributed by atoms with Crippen LogP contribution in [-0.4, -0.2) is 54.6 Å². The fraction of sp³-hybridized carbons (Fsp3) is 0.321. The number of para-hydroxylation sites is 3. The maximum atomic E-state index is 8.63. The SMILES string of the molecule is C1C[N-]CCCNCCCNC1.Cl.Cl.Oc1ccccc1.Oc1ccccc1.Oc1ccccc1.[CH3-].[Ti+2]. The van der Waals surface area contributed by atoms with Crippen LogP contribution in [0.3, 0.4) is 0 Å². The number of rotatable bonds is 0. The van der Waals surface area contributed by atoms with Gasteiger partial charge in [-0.3, -0.25) is 0 Å². The number of hydrogen-bond donors (Lipinski definition) is 5. The van der Waals surface area contributed by atoms with Gasteiger partial charge in [-0.25, -0.2) is 0 Å². The molecule has 1 aliphatic rings. The molecule has 0 amide bonds. The molecule has 206 valence electrons. The fourth-order valence-corrected chi connectivity index (χ4v) is 2.62. The third-order valence-corrected chi connectivity index (χ3v) is 4.32. The Labute approximate surface area is 251 Å². The van der Waals surface area contributed by atoms with Crippen molar-refractivity contribution >= 4 is 24.8 Å². The van der Waals surface area contributed by atoms with Crippen molar-refractivity contribution in [1.82, 2.24) is 10.6 Å². The van der Waals surface area contributed by atoms with Gasteiger partial charge in [-0.2, -0.15) is 0 Å². The van der Waals surface area contributed by atoms with Gasteiger partial charge in [0.05, 0.1) is 0 Å². The van der Waals surface area contributed by atoms with Crippen molar-refractivity contribution < 1.29 is 37.0 Å². The molecule has 0 saturated carbocycles. The first-order valence-corrected chi connectivity index (χ1v) is 11.4. The Morgan fingerprint density at radius 2 is 0.757 bits per heavy atom. The molecular formula is C28H43Cl2N3O3Ti. The Hall–Kier alpha value is -1.77. The predicted molar refractivity (Wildman–Crippen MR) is 158 cm³/mol. The normalized spacial score (nSPS) is 12.6. The second kappa shape index (κ2) is 32.3. The quantitative estimate of drug-likeness (QED) is 0.159. The van der Waals surface area contributed by atoms with Crippen LogP contribution in [0.15, 0.2) is 91.0 Å². The van der Waals surface area contributed by atoms with Gasteiger partial charge in [-0.1, -0.05) is 67.4 Å². The fourth-order valence-electron chi connectivity index (χ4n) is 2.62. The predicted octanol–water partition coefficient (Wildman–Crippen LogP) is 6.19. The van der Waals surface area contributed by atoms with Crippen LogP contribution in [0.5, 0.6) is 17.2 Å². The number of nitrogens with one attached hydrogen (secondary N) is 2. The van der Waals surface area contributed by atoms with Crippen molar-refractivity contribution in [1.29, 1.82) is 0 Å². The number of phenolic OH excluding ortho intramolecular Hbond substituents is 3. The van der Waals surface area contributed by atoms with Gasteiger partial charge in [0.1, 0.15) is 17.2 Å². The molecule has 0 unspecified atom stereocenters. The summed E-state index contributed by atoms with van der Waals surface area (Å²) in [5.41, 5.74) is 0. The first-order chi connectivity index (χ1) is 16.2. The summed E-state index contributed by atoms with van der Waals surface area (Å²) in [7, 11) is 0. The largest absolute Gasteiger partial charge is 2.00 e. The second-order valence-corrected chi connectivity index (χ2v) is 7.24. The summed E-state index contributed by atoms with van der Waals surface area (Å²) < 4.78 is 0. The van der Waals surface area contributed by atoms with Crippen LogP contribution >= 0.6 is 24.8 Å². The first kappa shape index (κ1) is 42.3. The van der Waals surface area contributed by atoms with E-state index in [4.69, 9.17) is 15.3 Å². The van der Waals surface area contributed by atoms with E-state index >= 15 is 0 Å². The van der Waals surface area contributed by atoms with Crippen LogP contribution in [0.25, 0.3) is 5.32 Å².